The van der Waals surface area contributed by atoms with Gasteiger partial charge in [0, 0.05) is 38.3 Å². The summed E-state index contributed by atoms with van der Waals surface area (Å²) >= 11 is 1.39. The number of piperazine rings is 1. The molecule has 4 aromatic rings. The van der Waals surface area contributed by atoms with Crippen molar-refractivity contribution in [1.82, 2.24) is 20.0 Å². The summed E-state index contributed by atoms with van der Waals surface area (Å²) in [6.07, 6.45) is 0.686. The van der Waals surface area contributed by atoms with E-state index in [0.29, 0.717) is 49.7 Å². The Morgan fingerprint density at radius 3 is 2.29 bits per heavy atom. The SMILES string of the molecule is O=C(CN(CCc1ccccc1)C(=O)c1cccs1)N1CCN(c2ccc(-c3ccc(F)cc3)nn2)CC1. The number of halogens is 1. The maximum atomic E-state index is 13.2. The maximum absolute atomic E-state index is 13.2. The Labute approximate surface area is 225 Å². The lowest BCUT2D eigenvalue weighted by atomic mass is 10.1. The van der Waals surface area contributed by atoms with Crippen molar-refractivity contribution in [2.24, 2.45) is 0 Å². The number of hydrogen-bond donors (Lipinski definition) is 0. The van der Waals surface area contributed by atoms with Crippen LogP contribution in [0.4, 0.5) is 10.2 Å². The number of nitrogens with zero attached hydrogens (tertiary/aromatic N) is 5. The summed E-state index contributed by atoms with van der Waals surface area (Å²) < 4.78 is 13.2. The summed E-state index contributed by atoms with van der Waals surface area (Å²) in [5, 5.41) is 10.5. The summed E-state index contributed by atoms with van der Waals surface area (Å²) in [5.41, 5.74) is 2.60. The van der Waals surface area contributed by atoms with Crippen LogP contribution in [-0.2, 0) is 11.2 Å². The van der Waals surface area contributed by atoms with Crippen LogP contribution in [0.15, 0.2) is 84.2 Å². The number of rotatable bonds is 8. The zero-order chi connectivity index (χ0) is 26.3. The molecule has 0 saturated carbocycles. The molecule has 2 aromatic carbocycles. The van der Waals surface area contributed by atoms with E-state index in [2.05, 4.69) is 15.1 Å². The molecule has 1 saturated heterocycles. The predicted octanol–water partition coefficient (Wildman–Crippen LogP) is 4.38. The molecule has 5 rings (SSSR count). The van der Waals surface area contributed by atoms with E-state index >= 15 is 0 Å². The lowest BCUT2D eigenvalue weighted by Gasteiger charge is -2.36. The van der Waals surface area contributed by atoms with Crippen LogP contribution in [0.3, 0.4) is 0 Å². The van der Waals surface area contributed by atoms with Gasteiger partial charge < -0.3 is 14.7 Å². The van der Waals surface area contributed by atoms with Crippen LogP contribution < -0.4 is 4.90 Å². The summed E-state index contributed by atoms with van der Waals surface area (Å²) in [4.78, 5) is 32.6. The van der Waals surface area contributed by atoms with Crippen molar-refractivity contribution < 1.29 is 14.0 Å². The van der Waals surface area contributed by atoms with Gasteiger partial charge in [-0.05, 0) is 59.8 Å². The number of benzene rings is 2. The van der Waals surface area contributed by atoms with E-state index in [0.717, 1.165) is 16.9 Å². The van der Waals surface area contributed by atoms with Gasteiger partial charge in [0.05, 0.1) is 10.6 Å². The fourth-order valence-electron chi connectivity index (χ4n) is 4.43. The van der Waals surface area contributed by atoms with Crippen LogP contribution in [-0.4, -0.2) is 71.1 Å². The minimum absolute atomic E-state index is 0.0513. The van der Waals surface area contributed by atoms with E-state index in [1.165, 1.54) is 23.5 Å². The molecule has 38 heavy (non-hydrogen) atoms. The summed E-state index contributed by atoms with van der Waals surface area (Å²) in [6, 6.07) is 23.6. The fourth-order valence-corrected chi connectivity index (χ4v) is 5.12. The van der Waals surface area contributed by atoms with Gasteiger partial charge in [-0.25, -0.2) is 4.39 Å². The largest absolute Gasteiger partial charge is 0.352 e. The molecule has 9 heteroatoms. The molecule has 2 aromatic heterocycles. The first-order chi connectivity index (χ1) is 18.6. The molecule has 194 valence electrons. The van der Waals surface area contributed by atoms with E-state index in [1.807, 2.05) is 58.8 Å². The highest BCUT2D eigenvalue weighted by atomic mass is 32.1. The fraction of sp³-hybridized carbons (Fsp3) is 0.241. The van der Waals surface area contributed by atoms with Gasteiger partial charge in [0.2, 0.25) is 5.91 Å². The van der Waals surface area contributed by atoms with Crippen molar-refractivity contribution >= 4 is 29.0 Å². The van der Waals surface area contributed by atoms with Crippen LogP contribution in [0, 0.1) is 5.82 Å². The topological polar surface area (TPSA) is 69.6 Å². The molecule has 1 aliphatic heterocycles. The predicted molar refractivity (Wildman–Crippen MR) is 147 cm³/mol. The second-order valence-corrected chi connectivity index (χ2v) is 10.0. The first kappa shape index (κ1) is 25.5. The number of hydrogen-bond acceptors (Lipinski definition) is 6. The molecule has 0 N–H and O–H groups in total. The number of carbonyl (C=O) groups is 2. The molecule has 2 amide bonds. The highest BCUT2D eigenvalue weighted by Crippen LogP contribution is 2.20. The Morgan fingerprint density at radius 2 is 1.63 bits per heavy atom. The minimum Gasteiger partial charge on any atom is -0.352 e. The number of thiophene rings is 1. The molecule has 0 bridgehead atoms. The lowest BCUT2D eigenvalue weighted by Crippen LogP contribution is -2.52. The third-order valence-electron chi connectivity index (χ3n) is 6.61. The number of aromatic nitrogens is 2. The van der Waals surface area contributed by atoms with Crippen LogP contribution in [0.25, 0.3) is 11.3 Å². The Morgan fingerprint density at radius 1 is 0.868 bits per heavy atom. The third kappa shape index (κ3) is 6.23. The molecule has 7 nitrogen and oxygen atoms in total. The first-order valence-corrected chi connectivity index (χ1v) is 13.4. The molecular weight excluding hydrogens is 501 g/mol. The molecular formula is C29H28FN5O2S. The minimum atomic E-state index is -0.291. The van der Waals surface area contributed by atoms with Gasteiger partial charge in [-0.15, -0.1) is 21.5 Å². The van der Waals surface area contributed by atoms with Crippen LogP contribution in [0.2, 0.25) is 0 Å². The average Bonchev–Trinajstić information content (AvgIpc) is 3.51. The van der Waals surface area contributed by atoms with Gasteiger partial charge in [-0.1, -0.05) is 36.4 Å². The van der Waals surface area contributed by atoms with Crippen LogP contribution in [0.5, 0.6) is 0 Å². The summed E-state index contributed by atoms with van der Waals surface area (Å²) in [5.74, 6) is 0.279. The molecule has 1 aliphatic rings. The Bertz CT molecular complexity index is 1340. The number of carbonyl (C=O) groups excluding carboxylic acids is 2. The van der Waals surface area contributed by atoms with E-state index in [1.54, 1.807) is 23.1 Å². The van der Waals surface area contributed by atoms with Crippen molar-refractivity contribution in [2.75, 3.05) is 44.2 Å². The molecule has 1 fully saturated rings. The molecule has 0 unspecified atom stereocenters. The normalized spacial score (nSPS) is 13.4. The maximum Gasteiger partial charge on any atom is 0.264 e. The van der Waals surface area contributed by atoms with Gasteiger partial charge in [0.25, 0.3) is 5.91 Å². The molecule has 0 aliphatic carbocycles. The molecule has 0 atom stereocenters. The van der Waals surface area contributed by atoms with Gasteiger partial charge in [-0.3, -0.25) is 9.59 Å². The summed E-state index contributed by atoms with van der Waals surface area (Å²) in [7, 11) is 0. The quantitative estimate of drug-likeness (QED) is 0.339. The second-order valence-electron chi connectivity index (χ2n) is 9.09. The standard InChI is InChI=1S/C29H28FN5O2S/c30-24-10-8-23(9-11-24)25-12-13-27(32-31-25)33-16-18-34(19-17-33)28(36)21-35(29(37)26-7-4-20-38-26)15-14-22-5-2-1-3-6-22/h1-13,20H,14-19,21H2. The van der Waals surface area contributed by atoms with Crippen molar-refractivity contribution in [1.29, 1.82) is 0 Å². The third-order valence-corrected chi connectivity index (χ3v) is 7.46. The molecule has 0 radical (unpaired) electrons. The van der Waals surface area contributed by atoms with Crippen molar-refractivity contribution in [3.05, 3.63) is 101 Å². The van der Waals surface area contributed by atoms with Crippen LogP contribution >= 0.6 is 11.3 Å². The van der Waals surface area contributed by atoms with Crippen molar-refractivity contribution in [3.63, 3.8) is 0 Å². The second kappa shape index (κ2) is 12.0. The average molecular weight is 530 g/mol. The summed E-state index contributed by atoms with van der Waals surface area (Å²) in [6.45, 7) is 2.86. The van der Waals surface area contributed by atoms with E-state index in [9.17, 15) is 14.0 Å². The highest BCUT2D eigenvalue weighted by Gasteiger charge is 2.26. The van der Waals surface area contributed by atoms with Gasteiger partial charge in [0.15, 0.2) is 5.82 Å². The smallest absolute Gasteiger partial charge is 0.264 e. The molecule has 0 spiro atoms. The van der Waals surface area contributed by atoms with Crippen molar-refractivity contribution in [2.45, 2.75) is 6.42 Å². The Hall–Kier alpha value is -4.11. The lowest BCUT2D eigenvalue weighted by molar-refractivity contribution is -0.132. The van der Waals surface area contributed by atoms with Gasteiger partial charge >= 0.3 is 0 Å². The Balaban J connectivity index is 1.18. The van der Waals surface area contributed by atoms with Gasteiger partial charge in [0.1, 0.15) is 12.4 Å². The van der Waals surface area contributed by atoms with E-state index in [-0.39, 0.29) is 24.2 Å². The van der Waals surface area contributed by atoms with E-state index < -0.39 is 0 Å². The zero-order valence-electron chi connectivity index (χ0n) is 20.9. The zero-order valence-corrected chi connectivity index (χ0v) is 21.7. The van der Waals surface area contributed by atoms with Crippen molar-refractivity contribution in [3.8, 4) is 11.3 Å². The number of amides is 2. The first-order valence-electron chi connectivity index (χ1n) is 12.6. The van der Waals surface area contributed by atoms with Gasteiger partial charge in [-0.2, -0.15) is 0 Å². The number of anilines is 1. The Kier molecular flexibility index (Phi) is 8.04. The highest BCUT2D eigenvalue weighted by molar-refractivity contribution is 7.12. The van der Waals surface area contributed by atoms with E-state index in [4.69, 9.17) is 0 Å². The van der Waals surface area contributed by atoms with Crippen LogP contribution in [0.1, 0.15) is 15.2 Å². The monoisotopic (exact) mass is 529 g/mol. The molecule has 3 heterocycles.